The third-order valence-electron chi connectivity index (χ3n) is 18.9. The van der Waals surface area contributed by atoms with Crippen molar-refractivity contribution in [3.63, 3.8) is 0 Å². The maximum atomic E-state index is 16.0. The van der Waals surface area contributed by atoms with E-state index in [1.165, 1.54) is 33.1 Å². The lowest BCUT2D eigenvalue weighted by molar-refractivity contribution is -0.146. The zero-order chi connectivity index (χ0) is 72.3. The number of aryl methyl sites for hydroxylation is 1. The molecule has 0 spiro atoms. The molecule has 4 aromatic carbocycles. The first-order chi connectivity index (χ1) is 48.5. The SMILES string of the molecule is COc1ccc(C[C@@H]2NC(=O)[C@H]([C@@H](C)O)NC(=O)[C@@H]3[C@@H]4CCN3C(=O)[C@@H]3Cc5cn(c6ccc(F)cc56)CCCCCCN(Cc5ccc(cc5)CCNC(=O)[C@H](C)CCCNC2=O)C(=O)CCC(=O)N[C@@H](C)C(=O)N[C@H](CN)C(=O)N[C@@H](Cc2cccc(c2)CNC(=O)CO4)C(=O)N3)cc1. The number of amides is 11. The Morgan fingerprint density at radius 2 is 1.34 bits per heavy atom. The van der Waals surface area contributed by atoms with Gasteiger partial charge in [-0.05, 0) is 116 Å². The van der Waals surface area contributed by atoms with Crippen LogP contribution in [-0.4, -0.2) is 185 Å². The second-order valence-corrected chi connectivity index (χ2v) is 26.6. The second-order valence-electron chi connectivity index (χ2n) is 26.6. The molecule has 101 heavy (non-hydrogen) atoms. The van der Waals surface area contributed by atoms with E-state index in [1.54, 1.807) is 72.6 Å². The van der Waals surface area contributed by atoms with Gasteiger partial charge in [0, 0.05) is 107 Å². The van der Waals surface area contributed by atoms with E-state index < -0.39 is 133 Å². The number of hydrogen-bond acceptors (Lipinski definition) is 15. The zero-order valence-electron chi connectivity index (χ0n) is 57.6. The molecule has 1 aromatic heterocycles. The summed E-state index contributed by atoms with van der Waals surface area (Å²) in [5.74, 6) is -8.41. The number of aromatic nitrogens is 1. The maximum Gasteiger partial charge on any atom is 0.246 e. The summed E-state index contributed by atoms with van der Waals surface area (Å²) in [6, 6.07) is 14.7. The van der Waals surface area contributed by atoms with Crippen molar-refractivity contribution >= 4 is 75.9 Å². The summed E-state index contributed by atoms with van der Waals surface area (Å²) in [6.07, 6.45) is 1.50. The number of aliphatic hydroxyl groups excluding tert-OH is 1. The highest BCUT2D eigenvalue weighted by molar-refractivity contribution is 5.99. The molecule has 1 fully saturated rings. The van der Waals surface area contributed by atoms with Crippen LogP contribution < -0.4 is 58.3 Å². The fraction of sp³-hybridized carbons (Fsp3) is 0.493. The Bertz CT molecular complexity index is 3790. The van der Waals surface area contributed by atoms with Gasteiger partial charge in [0.15, 0.2) is 0 Å². The summed E-state index contributed by atoms with van der Waals surface area (Å²) in [4.78, 5) is 162. The van der Waals surface area contributed by atoms with Crippen LogP contribution >= 0.6 is 0 Å². The number of benzene rings is 4. The topological polar surface area (TPSA) is 372 Å². The Balaban J connectivity index is 1.12. The van der Waals surface area contributed by atoms with Gasteiger partial charge in [-0.2, -0.15) is 0 Å². The van der Waals surface area contributed by atoms with Crippen LogP contribution in [0, 0.1) is 11.7 Å². The molecule has 0 saturated carbocycles. The van der Waals surface area contributed by atoms with E-state index in [-0.39, 0.29) is 76.5 Å². The number of halogens is 1. The molecule has 12 N–H and O–H groups in total. The fourth-order valence-electron chi connectivity index (χ4n) is 13.1. The first-order valence-corrected chi connectivity index (χ1v) is 34.8. The number of nitrogens with two attached hydrogens (primary N) is 1. The average Bonchev–Trinajstić information content (AvgIpc) is 1.65. The van der Waals surface area contributed by atoms with Gasteiger partial charge in [-0.3, -0.25) is 52.7 Å². The molecule has 0 unspecified atom stereocenters. The average molecular weight is 1400 g/mol. The number of aliphatic hydroxyl groups is 1. The number of nitrogens with zero attached hydrogens (tertiary/aromatic N) is 3. The van der Waals surface area contributed by atoms with Crippen molar-refractivity contribution in [2.75, 3.05) is 46.4 Å². The number of rotatable bonds is 5. The molecule has 5 aliphatic heterocycles. The van der Waals surface area contributed by atoms with Crippen molar-refractivity contribution in [1.82, 2.24) is 62.2 Å². The van der Waals surface area contributed by atoms with Crippen LogP contribution in [0.4, 0.5) is 4.39 Å². The molecule has 1 saturated heterocycles. The summed E-state index contributed by atoms with van der Waals surface area (Å²) >= 11 is 0. The van der Waals surface area contributed by atoms with E-state index in [0.717, 1.165) is 16.0 Å². The van der Waals surface area contributed by atoms with E-state index in [9.17, 15) is 43.5 Å². The highest BCUT2D eigenvalue weighted by Gasteiger charge is 2.47. The van der Waals surface area contributed by atoms with E-state index >= 15 is 18.8 Å². The van der Waals surface area contributed by atoms with Gasteiger partial charge >= 0.3 is 0 Å². The van der Waals surface area contributed by atoms with E-state index in [1.807, 2.05) is 28.8 Å². The van der Waals surface area contributed by atoms with Gasteiger partial charge in [0.25, 0.3) is 0 Å². The fourth-order valence-corrected chi connectivity index (χ4v) is 13.1. The summed E-state index contributed by atoms with van der Waals surface area (Å²) < 4.78 is 29.1. The Kier molecular flexibility index (Phi) is 26.9. The smallest absolute Gasteiger partial charge is 0.246 e. The van der Waals surface area contributed by atoms with Gasteiger partial charge in [0.2, 0.25) is 65.0 Å². The second kappa shape index (κ2) is 36.0. The normalized spacial score (nSPS) is 25.2. The minimum atomic E-state index is -1.79. The standard InChI is InChI=1S/C73H94FN13O14/c1-43-11-10-28-76-68(94)55(34-47-18-21-53(100-4)22-19-47)81-71(97)64(45(3)88)84-72(98)65-60-27-32-87(65)73(99)57-36-51-41-85(59-23-20-52(74)37-54(51)59)30-7-5-6-8-31-86(40-48-16-14-46(15-17-48)26-29-77-66(43)92)63(91)25-24-61(89)79-44(2)67(93)83-58(38-75)70(96)80-56(69(95)82-57)35-49-12-9-13-50(33-49)39-78-62(90)42-101-60/h9,12-23,33,37,41,43-45,55-58,60,64-65,88H,5-8,10-11,24-32,34-36,38-40,42,75H2,1-4H3,(H,76,94)(H,77,92)(H,78,90)(H,79,89)(H,80,96)(H,81,97)(H,82,95)(H,83,93)(H,84,98)/t43-,44+,45-,55+,56+,57+,58-,60+,64+,65+/m1/s1. The van der Waals surface area contributed by atoms with Crippen LogP contribution in [-0.2, 0) is 103 Å². The van der Waals surface area contributed by atoms with E-state index in [4.69, 9.17) is 15.2 Å². The number of nitrogens with one attached hydrogen (secondary N) is 9. The number of hydrogen-bond donors (Lipinski definition) is 11. The van der Waals surface area contributed by atoms with Crippen LogP contribution in [0.25, 0.3) is 10.9 Å². The molecule has 10 atom stereocenters. The Labute approximate surface area is 586 Å². The van der Waals surface area contributed by atoms with Crippen molar-refractivity contribution in [1.29, 1.82) is 0 Å². The third-order valence-corrected chi connectivity index (χ3v) is 18.9. The monoisotopic (exact) mass is 1400 g/mol. The Hall–Kier alpha value is -9.80. The number of fused-ring (bicyclic) bond motifs is 22. The summed E-state index contributed by atoms with van der Waals surface area (Å²) in [6.45, 7) is 4.45. The predicted octanol–water partition coefficient (Wildman–Crippen LogP) is 1.29. The van der Waals surface area contributed by atoms with Crippen LogP contribution in [0.15, 0.2) is 97.2 Å². The largest absolute Gasteiger partial charge is 0.497 e. The summed E-state index contributed by atoms with van der Waals surface area (Å²) in [5, 5.41) is 36.6. The molecule has 28 heteroatoms. The molecule has 10 rings (SSSR count). The van der Waals surface area contributed by atoms with Crippen molar-refractivity contribution in [3.05, 3.63) is 136 Å². The number of carbonyl (C=O) groups is 11. The van der Waals surface area contributed by atoms with Crippen molar-refractivity contribution < 1.29 is 71.7 Å². The minimum Gasteiger partial charge on any atom is -0.497 e. The van der Waals surface area contributed by atoms with E-state index in [2.05, 4.69) is 47.9 Å². The lowest BCUT2D eigenvalue weighted by Gasteiger charge is -2.33. The predicted molar refractivity (Wildman–Crippen MR) is 370 cm³/mol. The van der Waals surface area contributed by atoms with Crippen molar-refractivity contribution in [2.24, 2.45) is 11.7 Å². The quantitative estimate of drug-likeness (QED) is 0.111. The number of ether oxygens (including phenoxy) is 2. The first kappa shape index (κ1) is 75.4. The Morgan fingerprint density at radius 3 is 2.08 bits per heavy atom. The molecule has 11 amide bonds. The first-order valence-electron chi connectivity index (χ1n) is 34.8. The number of carbonyl (C=O) groups excluding carboxylic acids is 11. The molecule has 12 bridgehead atoms. The molecule has 27 nitrogen and oxygen atoms in total. The summed E-state index contributed by atoms with van der Waals surface area (Å²) in [5.41, 5.74) is 10.6. The van der Waals surface area contributed by atoms with Crippen LogP contribution in [0.1, 0.15) is 112 Å². The molecule has 0 radical (unpaired) electrons. The molecule has 6 heterocycles. The molecular formula is C73H94FN13O14. The lowest BCUT2D eigenvalue weighted by Crippen LogP contribution is -2.63. The molecule has 5 aliphatic rings. The maximum absolute atomic E-state index is 16.0. The Morgan fingerprint density at radius 1 is 0.624 bits per heavy atom. The van der Waals surface area contributed by atoms with Gasteiger partial charge in [-0.25, -0.2) is 4.39 Å². The third kappa shape index (κ3) is 20.9. The van der Waals surface area contributed by atoms with Crippen molar-refractivity contribution in [2.45, 2.75) is 178 Å². The van der Waals surface area contributed by atoms with Gasteiger partial charge < -0.3 is 82.5 Å². The van der Waals surface area contributed by atoms with Gasteiger partial charge in [0.05, 0.1) is 19.3 Å². The molecule has 542 valence electrons. The van der Waals surface area contributed by atoms with Crippen molar-refractivity contribution in [3.8, 4) is 5.75 Å². The zero-order valence-corrected chi connectivity index (χ0v) is 57.6. The van der Waals surface area contributed by atoms with Crippen LogP contribution in [0.2, 0.25) is 0 Å². The molecule has 0 aliphatic carbocycles. The highest BCUT2D eigenvalue weighted by atomic mass is 19.1. The summed E-state index contributed by atoms with van der Waals surface area (Å²) in [7, 11) is 1.50. The minimum absolute atomic E-state index is 0.0467. The lowest BCUT2D eigenvalue weighted by atomic mass is 10.00. The van der Waals surface area contributed by atoms with Gasteiger partial charge in [-0.1, -0.05) is 80.4 Å². The number of methoxy groups -OCH3 is 1. The van der Waals surface area contributed by atoms with Gasteiger partial charge in [-0.15, -0.1) is 0 Å². The molecule has 5 aromatic rings. The van der Waals surface area contributed by atoms with Gasteiger partial charge in [0.1, 0.15) is 60.5 Å². The molecular weight excluding hydrogens is 1300 g/mol. The highest BCUT2D eigenvalue weighted by Crippen LogP contribution is 2.29. The van der Waals surface area contributed by atoms with E-state index in [0.29, 0.717) is 103 Å². The van der Waals surface area contributed by atoms with Crippen LogP contribution in [0.5, 0.6) is 5.75 Å². The van der Waals surface area contributed by atoms with Crippen LogP contribution in [0.3, 0.4) is 0 Å².